The van der Waals surface area contributed by atoms with Gasteiger partial charge in [0.25, 0.3) is 0 Å². The van der Waals surface area contributed by atoms with Crippen molar-refractivity contribution < 1.29 is 14.4 Å². The summed E-state index contributed by atoms with van der Waals surface area (Å²) in [6.07, 6.45) is 0. The van der Waals surface area contributed by atoms with E-state index in [1.165, 1.54) is 9.78 Å². The molecule has 29 heavy (non-hydrogen) atoms. The fraction of sp³-hybridized carbons (Fsp3) is 0.409. The zero-order valence-corrected chi connectivity index (χ0v) is 18.4. The number of hydrogen-bond donors (Lipinski definition) is 1. The van der Waals surface area contributed by atoms with Gasteiger partial charge in [0.2, 0.25) is 5.88 Å². The second-order valence-electron chi connectivity index (χ2n) is 6.85. The van der Waals surface area contributed by atoms with Crippen molar-refractivity contribution in [3.05, 3.63) is 40.0 Å². The minimum atomic E-state index is 0.484. The molecule has 0 atom stereocenters. The lowest BCUT2D eigenvalue weighted by molar-refractivity contribution is -0.910. The fourth-order valence-corrected chi connectivity index (χ4v) is 4.20. The summed E-state index contributed by atoms with van der Waals surface area (Å²) in [7, 11) is 0. The Labute approximate surface area is 175 Å². The molecular formula is C22H27N4O2S+. The third-order valence-corrected chi connectivity index (χ3v) is 6.13. The number of thiophene rings is 1. The molecule has 6 nitrogen and oxygen atoms in total. The number of fused-ring (bicyclic) bond motifs is 1. The Morgan fingerprint density at radius 1 is 1.10 bits per heavy atom. The van der Waals surface area contributed by atoms with E-state index in [-0.39, 0.29) is 0 Å². The van der Waals surface area contributed by atoms with Crippen molar-refractivity contribution in [2.45, 2.75) is 41.2 Å². The fourth-order valence-electron chi connectivity index (χ4n) is 3.17. The highest BCUT2D eigenvalue weighted by Gasteiger charge is 2.19. The van der Waals surface area contributed by atoms with Gasteiger partial charge in [0.15, 0.2) is 17.3 Å². The number of nitrogens with zero attached hydrogens (tertiary/aromatic N) is 3. The van der Waals surface area contributed by atoms with E-state index in [2.05, 4.69) is 33.8 Å². The topological polar surface area (TPSA) is 72.5 Å². The highest BCUT2D eigenvalue weighted by atomic mass is 32.1. The van der Waals surface area contributed by atoms with Gasteiger partial charge in [0, 0.05) is 10.9 Å². The number of aryl methyl sites for hydroxylation is 2. The Hall–Kier alpha value is -2.69. The predicted molar refractivity (Wildman–Crippen MR) is 115 cm³/mol. The summed E-state index contributed by atoms with van der Waals surface area (Å²) in [6, 6.07) is 7.33. The molecule has 2 heterocycles. The van der Waals surface area contributed by atoms with Crippen LogP contribution in [0.5, 0.6) is 17.4 Å². The molecule has 0 unspecified atom stereocenters. The Bertz CT molecular complexity index is 1050. The molecule has 3 aromatic rings. The molecule has 0 aliphatic rings. The van der Waals surface area contributed by atoms with Crippen LogP contribution in [0.4, 0.5) is 0 Å². The van der Waals surface area contributed by atoms with Crippen molar-refractivity contribution in [1.82, 2.24) is 9.97 Å². The Morgan fingerprint density at radius 3 is 2.52 bits per heavy atom. The summed E-state index contributed by atoms with van der Waals surface area (Å²) in [4.78, 5) is 13.2. The first kappa shape index (κ1) is 21.0. The summed E-state index contributed by atoms with van der Waals surface area (Å²) in [5.41, 5.74) is 1.66. The SMILES string of the molecule is CCOc1cc(C#N)ccc1Oc1nc(C[NH+](CC)CC)nc2sc(C)c(C)c12. The molecular weight excluding hydrogens is 384 g/mol. The first-order valence-corrected chi connectivity index (χ1v) is 10.8. The normalized spacial score (nSPS) is 11.1. The number of ether oxygens (including phenoxy) is 2. The average Bonchev–Trinajstić information content (AvgIpc) is 3.01. The maximum atomic E-state index is 9.19. The molecule has 0 bridgehead atoms. The lowest BCUT2D eigenvalue weighted by Gasteiger charge is -2.16. The molecule has 2 aromatic heterocycles. The molecule has 0 saturated heterocycles. The van der Waals surface area contributed by atoms with E-state index in [0.717, 1.165) is 41.2 Å². The van der Waals surface area contributed by atoms with Crippen LogP contribution in [-0.4, -0.2) is 29.7 Å². The number of quaternary nitrogens is 1. The lowest BCUT2D eigenvalue weighted by atomic mass is 10.2. The van der Waals surface area contributed by atoms with Gasteiger partial charge in [-0.05, 0) is 52.3 Å². The zero-order chi connectivity index (χ0) is 21.0. The standard InChI is InChI=1S/C22H26N4O2S/c1-6-26(7-2)13-19-24-21(20-14(4)15(5)29-22(20)25-19)28-17-10-9-16(12-23)11-18(17)27-8-3/h9-11H,6-8,13H2,1-5H3/p+1. The minimum absolute atomic E-state index is 0.484. The van der Waals surface area contributed by atoms with Crippen LogP contribution in [0.15, 0.2) is 18.2 Å². The second kappa shape index (κ2) is 9.21. The van der Waals surface area contributed by atoms with Gasteiger partial charge in [-0.3, -0.25) is 0 Å². The maximum absolute atomic E-state index is 9.19. The van der Waals surface area contributed by atoms with Gasteiger partial charge in [-0.1, -0.05) is 0 Å². The number of hydrogen-bond acceptors (Lipinski definition) is 6. The van der Waals surface area contributed by atoms with Gasteiger partial charge in [-0.2, -0.15) is 10.2 Å². The average molecular weight is 412 g/mol. The summed E-state index contributed by atoms with van der Waals surface area (Å²) in [6.45, 7) is 13.7. The van der Waals surface area contributed by atoms with E-state index in [9.17, 15) is 5.26 Å². The highest BCUT2D eigenvalue weighted by molar-refractivity contribution is 7.18. The maximum Gasteiger partial charge on any atom is 0.232 e. The molecule has 3 rings (SSSR count). The number of nitriles is 1. The Balaban J connectivity index is 2.09. The molecule has 0 aliphatic carbocycles. The van der Waals surface area contributed by atoms with Gasteiger partial charge in [-0.15, -0.1) is 11.3 Å². The molecule has 0 spiro atoms. The van der Waals surface area contributed by atoms with Crippen LogP contribution in [0, 0.1) is 25.2 Å². The number of nitrogens with one attached hydrogen (secondary N) is 1. The molecule has 152 valence electrons. The predicted octanol–water partition coefficient (Wildman–Crippen LogP) is 3.80. The van der Waals surface area contributed by atoms with Gasteiger partial charge in [0.05, 0.1) is 36.7 Å². The molecule has 1 aromatic carbocycles. The largest absolute Gasteiger partial charge is 0.490 e. The first-order valence-electron chi connectivity index (χ1n) is 9.95. The molecule has 0 saturated carbocycles. The van der Waals surface area contributed by atoms with Crippen molar-refractivity contribution in [2.24, 2.45) is 0 Å². The first-order chi connectivity index (χ1) is 14.0. The van der Waals surface area contributed by atoms with Crippen LogP contribution in [0.25, 0.3) is 10.2 Å². The highest BCUT2D eigenvalue weighted by Crippen LogP contribution is 2.39. The molecule has 0 amide bonds. The van der Waals surface area contributed by atoms with Gasteiger partial charge in [-0.25, -0.2) is 4.98 Å². The smallest absolute Gasteiger partial charge is 0.232 e. The molecule has 1 N–H and O–H groups in total. The van der Waals surface area contributed by atoms with Crippen molar-refractivity contribution in [3.8, 4) is 23.4 Å². The van der Waals surface area contributed by atoms with Gasteiger partial charge < -0.3 is 14.4 Å². The van der Waals surface area contributed by atoms with Crippen LogP contribution in [0.2, 0.25) is 0 Å². The third-order valence-electron chi connectivity index (χ3n) is 5.03. The van der Waals surface area contributed by atoms with Crippen molar-refractivity contribution >= 4 is 21.6 Å². The molecule has 0 fully saturated rings. The van der Waals surface area contributed by atoms with Crippen molar-refractivity contribution in [1.29, 1.82) is 5.26 Å². The van der Waals surface area contributed by atoms with E-state index in [1.54, 1.807) is 29.5 Å². The van der Waals surface area contributed by atoms with Crippen LogP contribution >= 0.6 is 11.3 Å². The van der Waals surface area contributed by atoms with E-state index >= 15 is 0 Å². The Morgan fingerprint density at radius 2 is 1.86 bits per heavy atom. The van der Waals surface area contributed by atoms with Crippen LogP contribution in [0.3, 0.4) is 0 Å². The number of rotatable bonds is 8. The van der Waals surface area contributed by atoms with Crippen LogP contribution in [-0.2, 0) is 6.54 Å². The third kappa shape index (κ3) is 4.50. The van der Waals surface area contributed by atoms with Crippen molar-refractivity contribution in [2.75, 3.05) is 19.7 Å². The van der Waals surface area contributed by atoms with E-state index in [4.69, 9.17) is 19.4 Å². The van der Waals surface area contributed by atoms with E-state index in [0.29, 0.717) is 29.5 Å². The minimum Gasteiger partial charge on any atom is -0.490 e. The van der Waals surface area contributed by atoms with Crippen molar-refractivity contribution in [3.63, 3.8) is 0 Å². The molecule has 7 heteroatoms. The summed E-state index contributed by atoms with van der Waals surface area (Å²) in [5.74, 6) is 2.41. The van der Waals surface area contributed by atoms with E-state index in [1.807, 2.05) is 6.92 Å². The summed E-state index contributed by atoms with van der Waals surface area (Å²) in [5, 5.41) is 10.1. The van der Waals surface area contributed by atoms with Crippen LogP contribution in [0.1, 0.15) is 42.6 Å². The Kier molecular flexibility index (Phi) is 6.68. The monoisotopic (exact) mass is 411 g/mol. The second-order valence-corrected chi connectivity index (χ2v) is 8.05. The molecule has 0 aliphatic heterocycles. The number of benzene rings is 1. The lowest BCUT2D eigenvalue weighted by Crippen LogP contribution is -3.10. The van der Waals surface area contributed by atoms with Gasteiger partial charge in [0.1, 0.15) is 11.4 Å². The summed E-state index contributed by atoms with van der Waals surface area (Å²) >= 11 is 1.67. The number of aromatic nitrogens is 2. The summed E-state index contributed by atoms with van der Waals surface area (Å²) < 4.78 is 12.0. The molecule has 0 radical (unpaired) electrons. The van der Waals surface area contributed by atoms with E-state index < -0.39 is 0 Å². The zero-order valence-electron chi connectivity index (χ0n) is 17.6. The van der Waals surface area contributed by atoms with Gasteiger partial charge >= 0.3 is 0 Å². The van der Waals surface area contributed by atoms with Crippen LogP contribution < -0.4 is 14.4 Å². The quantitative estimate of drug-likeness (QED) is 0.610.